The van der Waals surface area contributed by atoms with E-state index in [0.717, 1.165) is 72.9 Å². The first kappa shape index (κ1) is 90.4. The molecule has 0 fully saturated rings. The van der Waals surface area contributed by atoms with Gasteiger partial charge in [0.2, 0.25) is 0 Å². The van der Waals surface area contributed by atoms with Gasteiger partial charge in [-0.1, -0.05) is 156 Å². The lowest BCUT2D eigenvalue weighted by molar-refractivity contribution is -0.112. The van der Waals surface area contributed by atoms with Gasteiger partial charge in [0.25, 0.3) is 0 Å². The molecule has 0 saturated carbocycles. The number of nitrogens with zero attached hydrogens (tertiary/aromatic N) is 4. The van der Waals surface area contributed by atoms with Crippen LogP contribution in [0.2, 0.25) is 15.1 Å². The van der Waals surface area contributed by atoms with Gasteiger partial charge in [0.05, 0.1) is 83.4 Å². The molecular formula is C104H86Cl4N10O10. The van der Waals surface area contributed by atoms with E-state index in [1.165, 1.54) is 48.6 Å². The summed E-state index contributed by atoms with van der Waals surface area (Å²) >= 11 is 24.6. The van der Waals surface area contributed by atoms with Crippen LogP contribution in [0, 0.1) is 27.7 Å². The quantitative estimate of drug-likeness (QED) is 0.0249. The van der Waals surface area contributed by atoms with Gasteiger partial charge in [-0.25, -0.2) is 20.0 Å². The first-order chi connectivity index (χ1) is 61.5. The van der Waals surface area contributed by atoms with Crippen LogP contribution in [0.3, 0.4) is 0 Å². The number of nitrogens with one attached hydrogen (secondary N) is 4. The van der Waals surface area contributed by atoms with Gasteiger partial charge in [-0.2, -0.15) is 0 Å². The monoisotopic (exact) mass is 1770 g/mol. The largest absolute Gasteiger partial charge is 0.508 e. The second kappa shape index (κ2) is 41.9. The molecule has 0 amide bonds. The molecule has 20 nitrogen and oxygen atoms in total. The molecule has 0 aliphatic heterocycles. The number of halogens is 4. The van der Waals surface area contributed by atoms with E-state index in [2.05, 4.69) is 31.3 Å². The molecule has 0 radical (unpaired) electrons. The van der Waals surface area contributed by atoms with Crippen molar-refractivity contribution in [1.82, 2.24) is 0 Å². The number of aliphatic imine (C=N–C) groups is 4. The number of benzene rings is 12. The molecule has 0 unspecified atom stereocenters. The molecule has 12 aromatic rings. The molecule has 0 atom stereocenters. The highest BCUT2D eigenvalue weighted by molar-refractivity contribution is 6.48. The molecule has 4 aliphatic carbocycles. The van der Waals surface area contributed by atoms with Crippen molar-refractivity contribution in [2.45, 2.75) is 53.4 Å². The third-order valence-corrected chi connectivity index (χ3v) is 21.8. The van der Waals surface area contributed by atoms with Gasteiger partial charge < -0.3 is 63.4 Å². The Morgan fingerprint density at radius 3 is 1.23 bits per heavy atom. The smallest absolute Gasteiger partial charge is 0.184 e. The number of phenols is 6. The number of rotatable bonds is 20. The Morgan fingerprint density at radius 1 is 0.312 bits per heavy atom. The minimum Gasteiger partial charge on any atom is -0.508 e. The number of carbonyl (C=O) groups excluding carboxylic acids is 4. The van der Waals surface area contributed by atoms with E-state index in [-0.39, 0.29) is 72.7 Å². The summed E-state index contributed by atoms with van der Waals surface area (Å²) in [4.78, 5) is 67.8. The second-order valence-electron chi connectivity index (χ2n) is 30.2. The van der Waals surface area contributed by atoms with Crippen LogP contribution >= 0.6 is 46.4 Å². The third kappa shape index (κ3) is 24.6. The number of aromatic hydroxyl groups is 6. The van der Waals surface area contributed by atoms with E-state index in [1.54, 1.807) is 97.1 Å². The highest BCUT2D eigenvalue weighted by Gasteiger charge is 2.25. The Labute approximate surface area is 759 Å². The number of hydrogen-bond acceptors (Lipinski definition) is 20. The van der Waals surface area contributed by atoms with Gasteiger partial charge in [-0.3, -0.25) is 19.2 Å². The minimum atomic E-state index is -0.203. The number of allylic oxidation sites excluding steroid dienone is 14. The molecule has 128 heavy (non-hydrogen) atoms. The van der Waals surface area contributed by atoms with Crippen molar-refractivity contribution in [3.8, 4) is 34.5 Å². The van der Waals surface area contributed by atoms with Crippen molar-refractivity contribution < 1.29 is 49.8 Å². The highest BCUT2D eigenvalue weighted by Crippen LogP contribution is 2.41. The number of nitrogens with two attached hydrogens (primary N) is 2. The highest BCUT2D eigenvalue weighted by atomic mass is 35.5. The van der Waals surface area contributed by atoms with Crippen LogP contribution in [0.5, 0.6) is 34.5 Å². The molecule has 24 heteroatoms. The Balaban J connectivity index is 0.000000146. The van der Waals surface area contributed by atoms with E-state index >= 15 is 0 Å². The number of ketones is 4. The van der Waals surface area contributed by atoms with Gasteiger partial charge in [0.1, 0.15) is 34.5 Å². The fraction of sp³-hybridized carbons (Fsp3) is 0.0769. The van der Waals surface area contributed by atoms with Gasteiger partial charge in [0, 0.05) is 117 Å². The zero-order valence-corrected chi connectivity index (χ0v) is 72.6. The Bertz CT molecular complexity index is 6700. The molecule has 640 valence electrons. The van der Waals surface area contributed by atoms with Crippen molar-refractivity contribution in [3.05, 3.63) is 414 Å². The Hall–Kier alpha value is -15.3. The maximum Gasteiger partial charge on any atom is 0.184 e. The molecule has 12 aromatic carbocycles. The predicted octanol–water partition coefficient (Wildman–Crippen LogP) is 23.7. The van der Waals surface area contributed by atoms with Crippen LogP contribution in [0.15, 0.2) is 363 Å². The summed E-state index contributed by atoms with van der Waals surface area (Å²) < 4.78 is 0. The molecule has 0 spiro atoms. The van der Waals surface area contributed by atoms with Crippen LogP contribution in [-0.2, 0) is 44.9 Å². The summed E-state index contributed by atoms with van der Waals surface area (Å²) in [5.41, 5.74) is 33.9. The molecule has 16 rings (SSSR count). The van der Waals surface area contributed by atoms with Crippen molar-refractivity contribution in [1.29, 1.82) is 0 Å². The molecule has 0 aromatic heterocycles. The fourth-order valence-corrected chi connectivity index (χ4v) is 14.3. The first-order valence-electron chi connectivity index (χ1n) is 40.3. The third-order valence-electron chi connectivity index (χ3n) is 20.5. The van der Waals surface area contributed by atoms with E-state index in [4.69, 9.17) is 67.9 Å². The van der Waals surface area contributed by atoms with Crippen molar-refractivity contribution >= 4 is 161 Å². The Morgan fingerprint density at radius 2 is 0.734 bits per heavy atom. The molecule has 0 saturated heterocycles. The van der Waals surface area contributed by atoms with Crippen LogP contribution in [0.4, 0.5) is 68.2 Å². The number of para-hydroxylation sites is 4. The van der Waals surface area contributed by atoms with Crippen molar-refractivity contribution in [2.75, 3.05) is 32.7 Å². The first-order valence-corrected chi connectivity index (χ1v) is 41.8. The normalized spacial score (nSPS) is 14.2. The number of anilines is 8. The zero-order valence-electron chi connectivity index (χ0n) is 69.6. The van der Waals surface area contributed by atoms with Crippen molar-refractivity contribution in [3.63, 3.8) is 0 Å². The Kier molecular flexibility index (Phi) is 29.6. The lowest BCUT2D eigenvalue weighted by atomic mass is 9.94. The number of carbonyl (C=O) groups is 4. The van der Waals surface area contributed by atoms with Crippen LogP contribution in [0.1, 0.15) is 55.6 Å². The maximum absolute atomic E-state index is 13.0. The lowest BCUT2D eigenvalue weighted by Crippen LogP contribution is -2.20. The zero-order chi connectivity index (χ0) is 90.7. The van der Waals surface area contributed by atoms with E-state index in [1.807, 2.05) is 198 Å². The summed E-state index contributed by atoms with van der Waals surface area (Å²) in [7, 11) is 0. The van der Waals surface area contributed by atoms with Gasteiger partial charge in [-0.05, 0) is 248 Å². The van der Waals surface area contributed by atoms with Gasteiger partial charge >= 0.3 is 0 Å². The molecular weight excluding hydrogens is 1690 g/mol. The molecule has 4 aliphatic rings. The van der Waals surface area contributed by atoms with Crippen LogP contribution < -0.4 is 32.7 Å². The SMILES string of the molecule is Cc1ccccc1NC1=CC(=O)C(Cc2ccc(N)cc2)=CC1=Nc1ccc(N)cc1.Cc1ccccc1NC1=CC(=O)C(Cc2ccc(O)c(Cl)c2)=CC1=Nc1ccc(O)c(Cl)c1.Cc1ccccc1Nc1cc(O)c(Cc2ccc(O)cc2)cc1N=C1C=CC(=O)C=C1.Cc1ccccc1Nc1cc(O)c(Cc2ccc(O)cc2Cl)cc1N=C1C=CC(=O)C=C1Cl. The van der Waals surface area contributed by atoms with E-state index < -0.39 is 0 Å². The summed E-state index contributed by atoms with van der Waals surface area (Å²) in [6.45, 7) is 7.97. The van der Waals surface area contributed by atoms with E-state index in [9.17, 15) is 49.8 Å². The molecule has 14 N–H and O–H groups in total. The second-order valence-corrected chi connectivity index (χ2v) is 31.8. The molecule has 0 heterocycles. The fourth-order valence-electron chi connectivity index (χ4n) is 13.4. The van der Waals surface area contributed by atoms with Gasteiger partial charge in [-0.15, -0.1) is 0 Å². The van der Waals surface area contributed by atoms with Crippen LogP contribution in [-0.4, -0.2) is 76.6 Å². The number of aryl methyl sites for hydroxylation is 4. The molecule has 0 bridgehead atoms. The topological polar surface area (TPSA) is 339 Å². The van der Waals surface area contributed by atoms with Crippen LogP contribution in [0.25, 0.3) is 0 Å². The predicted molar refractivity (Wildman–Crippen MR) is 519 cm³/mol. The number of phenolic OH excluding ortho intramolecular Hbond substituents is 6. The number of nitrogen functional groups attached to an aromatic ring is 2. The summed E-state index contributed by atoms with van der Waals surface area (Å²) in [5, 5.41) is 74.4. The maximum atomic E-state index is 13.0. The average Bonchev–Trinajstić information content (AvgIpc) is 0.841. The van der Waals surface area contributed by atoms with Crippen molar-refractivity contribution in [2.24, 2.45) is 20.0 Å². The van der Waals surface area contributed by atoms with E-state index in [0.29, 0.717) is 127 Å². The summed E-state index contributed by atoms with van der Waals surface area (Å²) in [6.07, 6.45) is 18.9. The standard InChI is InChI=1S/2C26H20Cl2N2O3.C26H24N4O.C26H22N2O3/c1-15-4-2-3-5-21(15)30-23-14-26(33)17(10-16-6-8-24(31)19(27)11-16)12-22(23)29-18-7-9-25(32)20(28)13-18;1-15-4-2-3-5-22(15)29-25-14-26(33)17(10-16-6-7-18(31)12-20(16)27)11-24(25)30-23-9-8-19(32)13-21(23)28;1-17-4-2-3-5-23(17)30-25-16-26(31)19(14-18-6-8-20(27)9-7-18)15-24(25)29-22-12-10-21(28)11-13-22;1-17-4-2-3-5-23(17)28-25-16-26(31)19(14-18-6-10-21(29)11-7-18)15-24(25)27-20-8-12-22(30)13-9-20/h2-9,11-14,30-32H,10H2,1H3;2-9,11-14,29,31,33H,10H2,1H3;2-13,15-16,30H,14,27-28H2,1H3;2-13,15-16,28-29,31H,14H2,1H3. The average molecular weight is 1780 g/mol. The number of hydrogen-bond donors (Lipinski definition) is 12. The minimum absolute atomic E-state index is 0.0135. The summed E-state index contributed by atoms with van der Waals surface area (Å²) in [5.74, 6) is -0.0351. The van der Waals surface area contributed by atoms with Gasteiger partial charge in [0.15, 0.2) is 23.1 Å². The lowest BCUT2D eigenvalue weighted by Gasteiger charge is -2.19. The summed E-state index contributed by atoms with van der Waals surface area (Å²) in [6, 6.07) is 74.2.